The number of rotatable bonds is 3. The summed E-state index contributed by atoms with van der Waals surface area (Å²) in [5.41, 5.74) is 2.55. The maximum Gasteiger partial charge on any atom is 0.344 e. The maximum atomic E-state index is 12.1. The summed E-state index contributed by atoms with van der Waals surface area (Å²) in [7, 11) is 1.26. The van der Waals surface area contributed by atoms with Gasteiger partial charge in [-0.15, -0.1) is 0 Å². The Labute approximate surface area is 155 Å². The number of phenolic OH excluding ortho intramolecular Hbond substituents is 1. The monoisotopic (exact) mass is 367 g/mol. The smallest absolute Gasteiger partial charge is 0.344 e. The molecule has 0 unspecified atom stereocenters. The van der Waals surface area contributed by atoms with E-state index in [1.54, 1.807) is 30.3 Å². The van der Waals surface area contributed by atoms with Gasteiger partial charge in [-0.25, -0.2) is 9.79 Å². The highest BCUT2D eigenvalue weighted by Gasteiger charge is 2.32. The molecule has 3 rings (SSSR count). The van der Waals surface area contributed by atoms with Gasteiger partial charge in [0.15, 0.2) is 0 Å². The van der Waals surface area contributed by atoms with Crippen LogP contribution in [0.1, 0.15) is 11.1 Å². The van der Waals surface area contributed by atoms with Gasteiger partial charge in [0.1, 0.15) is 22.1 Å². The number of thioether (sulfide) groups is 1. The van der Waals surface area contributed by atoms with Gasteiger partial charge >= 0.3 is 5.97 Å². The summed E-state index contributed by atoms with van der Waals surface area (Å²) < 4.78 is 4.80. The number of methoxy groups -OCH3 is 1. The standard InChI is InChI=1S/C20H17NO4S/c1-12-4-3-5-14(10-12)21-19-17(20(24)25-2)18(23)16(26-19)11-13-6-8-15(22)9-7-13/h3-11,22-23H,1-2H3/b16-11+,21-19?. The second-order valence-electron chi connectivity index (χ2n) is 5.67. The lowest BCUT2D eigenvalue weighted by molar-refractivity contribution is -0.135. The SMILES string of the molecule is COC(=O)C1=C(O)/C(=C\c2ccc(O)cc2)SC1=Nc1cccc(C)c1. The molecule has 0 aliphatic carbocycles. The second-order valence-corrected chi connectivity index (χ2v) is 6.70. The van der Waals surface area contributed by atoms with Crippen molar-refractivity contribution >= 4 is 34.5 Å². The minimum absolute atomic E-state index is 0.0454. The summed E-state index contributed by atoms with van der Waals surface area (Å²) in [4.78, 5) is 17.1. The van der Waals surface area contributed by atoms with Crippen LogP contribution in [0.25, 0.3) is 6.08 Å². The van der Waals surface area contributed by atoms with Gasteiger partial charge in [-0.2, -0.15) is 0 Å². The molecule has 1 aliphatic rings. The lowest BCUT2D eigenvalue weighted by Crippen LogP contribution is -2.10. The van der Waals surface area contributed by atoms with E-state index in [0.29, 0.717) is 15.6 Å². The molecule has 0 atom stereocenters. The number of nitrogens with zero attached hydrogens (tertiary/aromatic N) is 1. The highest BCUT2D eigenvalue weighted by Crippen LogP contribution is 2.40. The number of aromatic hydroxyl groups is 1. The van der Waals surface area contributed by atoms with Crippen molar-refractivity contribution in [3.8, 4) is 5.75 Å². The van der Waals surface area contributed by atoms with E-state index in [4.69, 9.17) is 4.74 Å². The average Bonchev–Trinajstić information content (AvgIpc) is 2.91. The van der Waals surface area contributed by atoms with Crippen LogP contribution in [0.15, 0.2) is 69.8 Å². The molecule has 132 valence electrons. The zero-order chi connectivity index (χ0) is 18.7. The first-order valence-corrected chi connectivity index (χ1v) is 8.66. The van der Waals surface area contributed by atoms with Crippen molar-refractivity contribution in [2.45, 2.75) is 6.92 Å². The Morgan fingerprint density at radius 3 is 2.54 bits per heavy atom. The number of aliphatic hydroxyl groups excluding tert-OH is 1. The quantitative estimate of drug-likeness (QED) is 0.781. The van der Waals surface area contributed by atoms with Gasteiger partial charge < -0.3 is 14.9 Å². The number of carbonyl (C=O) groups is 1. The van der Waals surface area contributed by atoms with E-state index in [-0.39, 0.29) is 17.1 Å². The number of ether oxygens (including phenoxy) is 1. The fourth-order valence-corrected chi connectivity index (χ4v) is 3.46. The minimum Gasteiger partial charge on any atom is -0.508 e. The molecule has 26 heavy (non-hydrogen) atoms. The summed E-state index contributed by atoms with van der Waals surface area (Å²) in [5, 5.41) is 20.3. The molecule has 0 saturated carbocycles. The third-order valence-electron chi connectivity index (χ3n) is 3.70. The first-order valence-electron chi connectivity index (χ1n) is 7.84. The normalized spacial score (nSPS) is 17.2. The van der Waals surface area contributed by atoms with Gasteiger partial charge in [-0.05, 0) is 48.4 Å². The number of carbonyl (C=O) groups excluding carboxylic acids is 1. The minimum atomic E-state index is -0.643. The Morgan fingerprint density at radius 1 is 1.15 bits per heavy atom. The van der Waals surface area contributed by atoms with E-state index in [9.17, 15) is 15.0 Å². The molecular weight excluding hydrogens is 350 g/mol. The molecule has 0 aromatic heterocycles. The van der Waals surface area contributed by atoms with Gasteiger partial charge in [0.25, 0.3) is 0 Å². The van der Waals surface area contributed by atoms with Crippen molar-refractivity contribution in [3.63, 3.8) is 0 Å². The second kappa shape index (κ2) is 7.49. The van der Waals surface area contributed by atoms with Crippen LogP contribution in [0.4, 0.5) is 5.69 Å². The van der Waals surface area contributed by atoms with E-state index in [1.165, 1.54) is 18.9 Å². The lowest BCUT2D eigenvalue weighted by atomic mass is 10.1. The molecule has 1 aliphatic heterocycles. The number of aryl methyl sites for hydroxylation is 1. The number of phenols is 1. The van der Waals surface area contributed by atoms with Crippen LogP contribution in [0.2, 0.25) is 0 Å². The van der Waals surface area contributed by atoms with Crippen LogP contribution < -0.4 is 0 Å². The van der Waals surface area contributed by atoms with Crippen molar-refractivity contribution in [2.75, 3.05) is 7.11 Å². The molecule has 0 amide bonds. The topological polar surface area (TPSA) is 79.1 Å². The summed E-state index contributed by atoms with van der Waals surface area (Å²) in [5.74, 6) is -0.653. The van der Waals surface area contributed by atoms with Crippen molar-refractivity contribution in [1.29, 1.82) is 0 Å². The van der Waals surface area contributed by atoms with Crippen molar-refractivity contribution < 1.29 is 19.7 Å². The third kappa shape index (κ3) is 3.81. The number of hydrogen-bond acceptors (Lipinski definition) is 6. The molecule has 6 heteroatoms. The third-order valence-corrected chi connectivity index (χ3v) is 4.72. The predicted molar refractivity (Wildman–Crippen MR) is 104 cm³/mol. The molecule has 2 aromatic carbocycles. The van der Waals surface area contributed by atoms with Crippen molar-refractivity contribution in [1.82, 2.24) is 0 Å². The predicted octanol–water partition coefficient (Wildman–Crippen LogP) is 4.50. The van der Waals surface area contributed by atoms with E-state index < -0.39 is 5.97 Å². The molecule has 0 spiro atoms. The zero-order valence-electron chi connectivity index (χ0n) is 14.3. The van der Waals surface area contributed by atoms with Crippen LogP contribution in [-0.2, 0) is 9.53 Å². The van der Waals surface area contributed by atoms with Crippen LogP contribution in [-0.4, -0.2) is 28.3 Å². The molecule has 0 fully saturated rings. The van der Waals surface area contributed by atoms with Gasteiger partial charge in [0, 0.05) is 0 Å². The molecule has 5 nitrogen and oxygen atoms in total. The van der Waals surface area contributed by atoms with E-state index in [2.05, 4.69) is 4.99 Å². The number of esters is 1. The van der Waals surface area contributed by atoms with Gasteiger partial charge in [-0.3, -0.25) is 0 Å². The Kier molecular flexibility index (Phi) is 5.14. The Hall–Kier alpha value is -2.99. The van der Waals surface area contributed by atoms with Crippen LogP contribution >= 0.6 is 11.8 Å². The highest BCUT2D eigenvalue weighted by molar-refractivity contribution is 8.18. The van der Waals surface area contributed by atoms with Crippen molar-refractivity contribution in [3.05, 3.63) is 75.9 Å². The summed E-state index contributed by atoms with van der Waals surface area (Å²) in [6.07, 6.45) is 1.72. The van der Waals surface area contributed by atoms with E-state index >= 15 is 0 Å². The molecular formula is C20H17NO4S. The fourth-order valence-electron chi connectivity index (χ4n) is 2.43. The van der Waals surface area contributed by atoms with Crippen LogP contribution in [0.5, 0.6) is 5.75 Å². The Bertz CT molecular complexity index is 943. The summed E-state index contributed by atoms with van der Waals surface area (Å²) in [6.45, 7) is 1.95. The number of aliphatic imine (C=N–C) groups is 1. The van der Waals surface area contributed by atoms with Crippen LogP contribution in [0, 0.1) is 6.92 Å². The molecule has 0 bridgehead atoms. The Balaban J connectivity index is 2.04. The average molecular weight is 367 g/mol. The van der Waals surface area contributed by atoms with Crippen molar-refractivity contribution in [2.24, 2.45) is 4.99 Å². The number of hydrogen-bond donors (Lipinski definition) is 2. The fraction of sp³-hybridized carbons (Fsp3) is 0.100. The lowest BCUT2D eigenvalue weighted by Gasteiger charge is -2.02. The molecule has 1 heterocycles. The van der Waals surface area contributed by atoms with Gasteiger partial charge in [0.2, 0.25) is 0 Å². The largest absolute Gasteiger partial charge is 0.508 e. The zero-order valence-corrected chi connectivity index (χ0v) is 15.1. The first-order chi connectivity index (χ1) is 12.5. The summed E-state index contributed by atoms with van der Waals surface area (Å²) >= 11 is 1.19. The highest BCUT2D eigenvalue weighted by atomic mass is 32.2. The molecule has 0 saturated heterocycles. The van der Waals surface area contributed by atoms with E-state index in [0.717, 1.165) is 11.1 Å². The maximum absolute atomic E-state index is 12.1. The molecule has 0 radical (unpaired) electrons. The van der Waals surface area contributed by atoms with E-state index in [1.807, 2.05) is 31.2 Å². The van der Waals surface area contributed by atoms with Gasteiger partial charge in [-0.1, -0.05) is 36.0 Å². The van der Waals surface area contributed by atoms with Crippen LogP contribution in [0.3, 0.4) is 0 Å². The number of aliphatic hydroxyl groups is 1. The summed E-state index contributed by atoms with van der Waals surface area (Å²) in [6, 6.07) is 14.1. The Morgan fingerprint density at radius 2 is 1.88 bits per heavy atom. The van der Waals surface area contributed by atoms with Gasteiger partial charge in [0.05, 0.1) is 17.7 Å². The number of benzene rings is 2. The molecule has 2 aromatic rings. The molecule has 2 N–H and O–H groups in total. The first kappa shape index (κ1) is 17.8.